The first-order valence-corrected chi connectivity index (χ1v) is 7.69. The predicted molar refractivity (Wildman–Crippen MR) is 78.6 cm³/mol. The molecule has 1 aliphatic rings. The number of thiazole rings is 1. The summed E-state index contributed by atoms with van der Waals surface area (Å²) in [5.74, 6) is 0.115. The molecule has 2 rings (SSSR count). The maximum Gasteiger partial charge on any atom is 0.245 e. The lowest BCUT2D eigenvalue weighted by atomic mass is 9.89. The normalized spacial score (nSPS) is 17.4. The summed E-state index contributed by atoms with van der Waals surface area (Å²) in [5, 5.41) is 5.78. The molecule has 2 amide bonds. The van der Waals surface area contributed by atoms with Gasteiger partial charge in [-0.1, -0.05) is 13.3 Å². The number of hydrogen-bond acceptors (Lipinski definition) is 5. The molecule has 0 saturated heterocycles. The van der Waals surface area contributed by atoms with Gasteiger partial charge in [0, 0.05) is 4.88 Å². The zero-order valence-electron chi connectivity index (χ0n) is 11.6. The lowest BCUT2D eigenvalue weighted by molar-refractivity contribution is -0.123. The van der Waals surface area contributed by atoms with E-state index in [-0.39, 0.29) is 24.9 Å². The number of nitrogens with two attached hydrogens (primary N) is 1. The quantitative estimate of drug-likeness (QED) is 0.744. The second-order valence-corrected chi connectivity index (χ2v) is 6.02. The fourth-order valence-corrected chi connectivity index (χ4v) is 3.40. The Morgan fingerprint density at radius 1 is 1.45 bits per heavy atom. The zero-order valence-corrected chi connectivity index (χ0v) is 12.4. The largest absolute Gasteiger partial charge is 0.346 e. The Hall–Kier alpha value is -1.47. The second kappa shape index (κ2) is 6.81. The highest BCUT2D eigenvalue weighted by molar-refractivity contribution is 7.15. The van der Waals surface area contributed by atoms with Gasteiger partial charge in [0.2, 0.25) is 11.8 Å². The van der Waals surface area contributed by atoms with E-state index in [4.69, 9.17) is 5.73 Å². The summed E-state index contributed by atoms with van der Waals surface area (Å²) in [6, 6.07) is 0. The fourth-order valence-electron chi connectivity index (χ4n) is 2.26. The minimum absolute atomic E-state index is 0.0716. The predicted octanol–water partition coefficient (Wildman–Crippen LogP) is 0.671. The van der Waals surface area contributed by atoms with Crippen molar-refractivity contribution < 1.29 is 9.59 Å². The molecule has 0 spiro atoms. The highest BCUT2D eigenvalue weighted by Crippen LogP contribution is 2.33. The van der Waals surface area contributed by atoms with Gasteiger partial charge in [0.1, 0.15) is 0 Å². The standard InChI is InChI=1S/C13H20N4O2S/c1-2-8-3-4-9-10(5-8)20-13(16-9)17-12(19)7-15-11(18)6-14/h8H,2-7,14H2,1H3,(H,15,18)(H,16,17,19). The monoisotopic (exact) mass is 296 g/mol. The van der Waals surface area contributed by atoms with Crippen LogP contribution in [0.4, 0.5) is 5.13 Å². The number of carbonyl (C=O) groups is 2. The first-order valence-electron chi connectivity index (χ1n) is 6.87. The van der Waals surface area contributed by atoms with Gasteiger partial charge in [0.25, 0.3) is 0 Å². The van der Waals surface area contributed by atoms with Crippen LogP contribution in [0.3, 0.4) is 0 Å². The van der Waals surface area contributed by atoms with E-state index in [2.05, 4.69) is 22.5 Å². The molecule has 1 aromatic rings. The molecule has 1 aliphatic carbocycles. The lowest BCUT2D eigenvalue weighted by Crippen LogP contribution is -2.36. The number of aromatic nitrogens is 1. The Morgan fingerprint density at radius 2 is 2.25 bits per heavy atom. The minimum atomic E-state index is -0.343. The van der Waals surface area contributed by atoms with Gasteiger partial charge in [-0.05, 0) is 25.2 Å². The molecule has 0 fully saturated rings. The summed E-state index contributed by atoms with van der Waals surface area (Å²) in [6.45, 7) is 2.02. The minimum Gasteiger partial charge on any atom is -0.346 e. The van der Waals surface area contributed by atoms with E-state index < -0.39 is 0 Å². The molecule has 0 aliphatic heterocycles. The fraction of sp³-hybridized carbons (Fsp3) is 0.615. The number of rotatable bonds is 5. The average Bonchev–Trinajstić information content (AvgIpc) is 2.85. The first kappa shape index (κ1) is 14.9. The van der Waals surface area contributed by atoms with Gasteiger partial charge in [-0.3, -0.25) is 9.59 Å². The van der Waals surface area contributed by atoms with Gasteiger partial charge in [0.05, 0.1) is 18.8 Å². The average molecular weight is 296 g/mol. The van der Waals surface area contributed by atoms with Crippen LogP contribution in [-0.4, -0.2) is 29.9 Å². The van der Waals surface area contributed by atoms with Crippen LogP contribution in [0.15, 0.2) is 0 Å². The maximum atomic E-state index is 11.7. The van der Waals surface area contributed by atoms with Gasteiger partial charge in [-0.25, -0.2) is 4.98 Å². The molecular weight excluding hydrogens is 276 g/mol. The summed E-state index contributed by atoms with van der Waals surface area (Å²) < 4.78 is 0. The van der Waals surface area contributed by atoms with E-state index >= 15 is 0 Å². The second-order valence-electron chi connectivity index (χ2n) is 4.93. The zero-order chi connectivity index (χ0) is 14.5. The summed E-state index contributed by atoms with van der Waals surface area (Å²) in [4.78, 5) is 28.4. The van der Waals surface area contributed by atoms with Crippen molar-refractivity contribution in [2.24, 2.45) is 11.7 Å². The Kier molecular flexibility index (Phi) is 5.08. The third-order valence-electron chi connectivity index (χ3n) is 3.50. The first-order chi connectivity index (χ1) is 9.62. The summed E-state index contributed by atoms with van der Waals surface area (Å²) in [5.41, 5.74) is 6.26. The summed E-state index contributed by atoms with van der Waals surface area (Å²) in [6.07, 6.45) is 4.41. The Labute approximate surface area is 122 Å². The van der Waals surface area contributed by atoms with Crippen LogP contribution >= 0.6 is 11.3 Å². The Balaban J connectivity index is 1.89. The molecule has 1 aromatic heterocycles. The van der Waals surface area contributed by atoms with E-state index in [1.807, 2.05) is 0 Å². The number of anilines is 1. The molecule has 0 bridgehead atoms. The third-order valence-corrected chi connectivity index (χ3v) is 4.53. The van der Waals surface area contributed by atoms with E-state index in [9.17, 15) is 9.59 Å². The van der Waals surface area contributed by atoms with Crippen molar-refractivity contribution >= 4 is 28.3 Å². The van der Waals surface area contributed by atoms with Crippen molar-refractivity contribution in [2.75, 3.05) is 18.4 Å². The van der Waals surface area contributed by atoms with Crippen molar-refractivity contribution in [3.63, 3.8) is 0 Å². The van der Waals surface area contributed by atoms with Gasteiger partial charge in [-0.15, -0.1) is 11.3 Å². The van der Waals surface area contributed by atoms with E-state index in [1.165, 1.54) is 17.7 Å². The van der Waals surface area contributed by atoms with Crippen LogP contribution in [0.1, 0.15) is 30.3 Å². The molecule has 0 saturated carbocycles. The topological polar surface area (TPSA) is 97.1 Å². The van der Waals surface area contributed by atoms with Crippen molar-refractivity contribution in [1.82, 2.24) is 10.3 Å². The number of aryl methyl sites for hydroxylation is 1. The summed E-state index contributed by atoms with van der Waals surface area (Å²) >= 11 is 1.54. The van der Waals surface area contributed by atoms with Crippen LogP contribution in [0.25, 0.3) is 0 Å². The SMILES string of the molecule is CCC1CCc2nc(NC(=O)CNC(=O)CN)sc2C1. The van der Waals surface area contributed by atoms with Crippen LogP contribution < -0.4 is 16.4 Å². The van der Waals surface area contributed by atoms with E-state index in [0.29, 0.717) is 5.13 Å². The molecule has 20 heavy (non-hydrogen) atoms. The highest BCUT2D eigenvalue weighted by Gasteiger charge is 2.21. The number of amides is 2. The van der Waals surface area contributed by atoms with Crippen LogP contribution in [0.2, 0.25) is 0 Å². The molecule has 1 unspecified atom stereocenters. The molecule has 0 aromatic carbocycles. The van der Waals surface area contributed by atoms with Crippen molar-refractivity contribution in [1.29, 1.82) is 0 Å². The molecule has 4 N–H and O–H groups in total. The molecule has 6 nitrogen and oxygen atoms in total. The lowest BCUT2D eigenvalue weighted by Gasteiger charge is -2.18. The number of hydrogen-bond donors (Lipinski definition) is 3. The molecule has 1 heterocycles. The van der Waals surface area contributed by atoms with Crippen LogP contribution in [0, 0.1) is 5.92 Å². The van der Waals surface area contributed by atoms with Crippen LogP contribution in [0.5, 0.6) is 0 Å². The van der Waals surface area contributed by atoms with E-state index in [0.717, 1.165) is 24.5 Å². The number of nitrogens with one attached hydrogen (secondary N) is 2. The van der Waals surface area contributed by atoms with Gasteiger partial charge >= 0.3 is 0 Å². The number of nitrogens with zero attached hydrogens (tertiary/aromatic N) is 1. The third kappa shape index (κ3) is 3.77. The highest BCUT2D eigenvalue weighted by atomic mass is 32.1. The Bertz CT molecular complexity index is 501. The molecule has 1 atom stereocenters. The van der Waals surface area contributed by atoms with Gasteiger partial charge < -0.3 is 16.4 Å². The number of fused-ring (bicyclic) bond motifs is 1. The van der Waals surface area contributed by atoms with Gasteiger partial charge in [0.15, 0.2) is 5.13 Å². The molecule has 110 valence electrons. The van der Waals surface area contributed by atoms with Crippen molar-refractivity contribution in [2.45, 2.75) is 32.6 Å². The molecule has 7 heteroatoms. The Morgan fingerprint density at radius 3 is 2.95 bits per heavy atom. The van der Waals surface area contributed by atoms with Crippen LogP contribution in [-0.2, 0) is 22.4 Å². The summed E-state index contributed by atoms with van der Waals surface area (Å²) in [7, 11) is 0. The molecule has 0 radical (unpaired) electrons. The van der Waals surface area contributed by atoms with E-state index in [1.54, 1.807) is 11.3 Å². The van der Waals surface area contributed by atoms with Crippen molar-refractivity contribution in [3.8, 4) is 0 Å². The van der Waals surface area contributed by atoms with Crippen molar-refractivity contribution in [3.05, 3.63) is 10.6 Å². The smallest absolute Gasteiger partial charge is 0.245 e. The maximum absolute atomic E-state index is 11.7. The molecular formula is C13H20N4O2S. The number of carbonyl (C=O) groups excluding carboxylic acids is 2. The van der Waals surface area contributed by atoms with Gasteiger partial charge in [-0.2, -0.15) is 0 Å².